The van der Waals surface area contributed by atoms with Gasteiger partial charge in [0.15, 0.2) is 0 Å². The van der Waals surface area contributed by atoms with Gasteiger partial charge in [-0.15, -0.1) is 0 Å². The van der Waals surface area contributed by atoms with Crippen LogP contribution in [0.15, 0.2) is 30.3 Å². The Labute approximate surface area is 143 Å². The highest BCUT2D eigenvalue weighted by molar-refractivity contribution is 5.76. The molecule has 0 N–H and O–H groups in total. The van der Waals surface area contributed by atoms with E-state index in [9.17, 15) is 10.1 Å². The molecule has 0 aromatic heterocycles. The van der Waals surface area contributed by atoms with Crippen molar-refractivity contribution in [3.8, 4) is 6.07 Å². The van der Waals surface area contributed by atoms with Gasteiger partial charge in [0, 0.05) is 39.2 Å². The lowest BCUT2D eigenvalue weighted by molar-refractivity contribution is -0.134. The molecule has 2 saturated heterocycles. The predicted octanol–water partition coefficient (Wildman–Crippen LogP) is 2.18. The second-order valence-corrected chi connectivity index (χ2v) is 6.61. The Kier molecular flexibility index (Phi) is 5.84. The van der Waals surface area contributed by atoms with Crippen LogP contribution in [0.2, 0.25) is 0 Å². The van der Waals surface area contributed by atoms with Crippen molar-refractivity contribution in [2.24, 2.45) is 0 Å². The highest BCUT2D eigenvalue weighted by Gasteiger charge is 2.29. The van der Waals surface area contributed by atoms with Gasteiger partial charge >= 0.3 is 0 Å². The van der Waals surface area contributed by atoms with E-state index in [0.717, 1.165) is 39.0 Å². The third-order valence-corrected chi connectivity index (χ3v) is 4.93. The Morgan fingerprint density at radius 2 is 2.12 bits per heavy atom. The SMILES string of the molecule is N#C[C@@H]1CN(C(=O)CC[C@H]2CCCO2)CCN1Cc1ccccc1. The van der Waals surface area contributed by atoms with Crippen LogP contribution in [0, 0.1) is 11.3 Å². The standard InChI is InChI=1S/C19H25N3O2/c20-13-17-15-22(19(23)9-8-18-7-4-12-24-18)11-10-21(17)14-16-5-2-1-3-6-16/h1-3,5-6,17-18H,4,7-12,14-15H2/t17-,18-/m1/s1. The molecule has 5 heteroatoms. The van der Waals surface area contributed by atoms with Gasteiger partial charge in [-0.1, -0.05) is 30.3 Å². The van der Waals surface area contributed by atoms with Gasteiger partial charge in [-0.05, 0) is 24.8 Å². The van der Waals surface area contributed by atoms with Crippen molar-refractivity contribution in [3.05, 3.63) is 35.9 Å². The topological polar surface area (TPSA) is 56.6 Å². The first-order valence-electron chi connectivity index (χ1n) is 8.83. The van der Waals surface area contributed by atoms with Crippen LogP contribution < -0.4 is 0 Å². The first kappa shape index (κ1) is 16.9. The molecule has 2 aliphatic rings. The molecule has 24 heavy (non-hydrogen) atoms. The Bertz CT molecular complexity index is 578. The zero-order valence-electron chi connectivity index (χ0n) is 14.1. The number of hydrogen-bond donors (Lipinski definition) is 0. The number of carbonyl (C=O) groups excluding carboxylic acids is 1. The molecule has 0 aliphatic carbocycles. The summed E-state index contributed by atoms with van der Waals surface area (Å²) in [5.41, 5.74) is 1.20. The minimum atomic E-state index is -0.231. The van der Waals surface area contributed by atoms with Crippen molar-refractivity contribution in [1.29, 1.82) is 5.26 Å². The summed E-state index contributed by atoms with van der Waals surface area (Å²) in [5.74, 6) is 0.158. The fourth-order valence-electron chi connectivity index (χ4n) is 3.49. The van der Waals surface area contributed by atoms with E-state index in [1.54, 1.807) is 0 Å². The summed E-state index contributed by atoms with van der Waals surface area (Å²) in [5, 5.41) is 9.49. The van der Waals surface area contributed by atoms with Crippen LogP contribution in [0.1, 0.15) is 31.2 Å². The highest BCUT2D eigenvalue weighted by atomic mass is 16.5. The van der Waals surface area contributed by atoms with E-state index >= 15 is 0 Å². The van der Waals surface area contributed by atoms with E-state index in [-0.39, 0.29) is 18.1 Å². The van der Waals surface area contributed by atoms with Crippen LogP contribution in [0.25, 0.3) is 0 Å². The molecule has 2 aliphatic heterocycles. The van der Waals surface area contributed by atoms with Crippen LogP contribution in [0.5, 0.6) is 0 Å². The number of nitriles is 1. The molecule has 2 heterocycles. The number of carbonyl (C=O) groups is 1. The minimum Gasteiger partial charge on any atom is -0.378 e. The van der Waals surface area contributed by atoms with Crippen molar-refractivity contribution in [1.82, 2.24) is 9.80 Å². The van der Waals surface area contributed by atoms with E-state index in [2.05, 4.69) is 23.1 Å². The number of benzene rings is 1. The fraction of sp³-hybridized carbons (Fsp3) is 0.579. The first-order valence-corrected chi connectivity index (χ1v) is 8.83. The van der Waals surface area contributed by atoms with Gasteiger partial charge in [-0.2, -0.15) is 5.26 Å². The van der Waals surface area contributed by atoms with Crippen LogP contribution in [0.3, 0.4) is 0 Å². The summed E-state index contributed by atoms with van der Waals surface area (Å²) < 4.78 is 5.59. The highest BCUT2D eigenvalue weighted by Crippen LogP contribution is 2.19. The van der Waals surface area contributed by atoms with Crippen LogP contribution in [-0.2, 0) is 16.1 Å². The lowest BCUT2D eigenvalue weighted by Crippen LogP contribution is -2.53. The van der Waals surface area contributed by atoms with E-state index in [4.69, 9.17) is 4.74 Å². The van der Waals surface area contributed by atoms with Crippen molar-refractivity contribution in [2.45, 2.75) is 44.4 Å². The van der Waals surface area contributed by atoms with E-state index < -0.39 is 0 Å². The average Bonchev–Trinajstić information content (AvgIpc) is 3.14. The number of hydrogen-bond acceptors (Lipinski definition) is 4. The molecule has 0 bridgehead atoms. The van der Waals surface area contributed by atoms with Crippen LogP contribution in [0.4, 0.5) is 0 Å². The van der Waals surface area contributed by atoms with Gasteiger partial charge in [-0.25, -0.2) is 0 Å². The van der Waals surface area contributed by atoms with Gasteiger partial charge < -0.3 is 9.64 Å². The Balaban J connectivity index is 1.50. The van der Waals surface area contributed by atoms with E-state index in [0.29, 0.717) is 19.5 Å². The summed E-state index contributed by atoms with van der Waals surface area (Å²) >= 11 is 0. The molecule has 0 spiro atoms. The molecule has 0 saturated carbocycles. The quantitative estimate of drug-likeness (QED) is 0.832. The summed E-state index contributed by atoms with van der Waals surface area (Å²) in [6.45, 7) is 3.55. The summed E-state index contributed by atoms with van der Waals surface area (Å²) in [7, 11) is 0. The fourth-order valence-corrected chi connectivity index (χ4v) is 3.49. The average molecular weight is 327 g/mol. The van der Waals surface area contributed by atoms with Gasteiger partial charge in [0.05, 0.1) is 12.2 Å². The normalized spacial score (nSPS) is 24.7. The molecule has 3 rings (SSSR count). The van der Waals surface area contributed by atoms with Crippen molar-refractivity contribution >= 4 is 5.91 Å². The molecule has 0 unspecified atom stereocenters. The molecular weight excluding hydrogens is 302 g/mol. The maximum absolute atomic E-state index is 12.4. The minimum absolute atomic E-state index is 0.158. The lowest BCUT2D eigenvalue weighted by atomic mass is 10.1. The maximum Gasteiger partial charge on any atom is 0.222 e. The largest absolute Gasteiger partial charge is 0.378 e. The molecule has 1 aromatic rings. The van der Waals surface area contributed by atoms with Crippen LogP contribution in [-0.4, -0.2) is 54.1 Å². The summed E-state index contributed by atoms with van der Waals surface area (Å²) in [4.78, 5) is 16.4. The van der Waals surface area contributed by atoms with Gasteiger partial charge in [0.25, 0.3) is 0 Å². The number of piperazine rings is 1. The number of ether oxygens (including phenoxy) is 1. The van der Waals surface area contributed by atoms with E-state index in [1.165, 1.54) is 5.56 Å². The number of nitrogens with zero attached hydrogens (tertiary/aromatic N) is 3. The van der Waals surface area contributed by atoms with Crippen molar-refractivity contribution < 1.29 is 9.53 Å². The monoisotopic (exact) mass is 327 g/mol. The molecule has 0 radical (unpaired) electrons. The molecule has 2 atom stereocenters. The molecule has 128 valence electrons. The lowest BCUT2D eigenvalue weighted by Gasteiger charge is -2.38. The molecule has 1 aromatic carbocycles. The van der Waals surface area contributed by atoms with Crippen molar-refractivity contribution in [3.63, 3.8) is 0 Å². The predicted molar refractivity (Wildman–Crippen MR) is 91.0 cm³/mol. The molecule has 2 fully saturated rings. The third-order valence-electron chi connectivity index (χ3n) is 4.93. The maximum atomic E-state index is 12.4. The van der Waals surface area contributed by atoms with E-state index in [1.807, 2.05) is 23.1 Å². The smallest absolute Gasteiger partial charge is 0.222 e. The first-order chi connectivity index (χ1) is 11.8. The Morgan fingerprint density at radius 1 is 1.29 bits per heavy atom. The summed E-state index contributed by atoms with van der Waals surface area (Å²) in [6, 6.07) is 12.3. The van der Waals surface area contributed by atoms with Crippen molar-refractivity contribution in [2.75, 3.05) is 26.2 Å². The molecular formula is C19H25N3O2. The van der Waals surface area contributed by atoms with Crippen LogP contribution >= 0.6 is 0 Å². The number of rotatable bonds is 5. The second kappa shape index (κ2) is 8.27. The third kappa shape index (κ3) is 4.34. The van der Waals surface area contributed by atoms with Gasteiger partial charge in [-0.3, -0.25) is 9.69 Å². The van der Waals surface area contributed by atoms with Gasteiger partial charge in [0.1, 0.15) is 6.04 Å². The Morgan fingerprint density at radius 3 is 2.83 bits per heavy atom. The van der Waals surface area contributed by atoms with Gasteiger partial charge in [0.2, 0.25) is 5.91 Å². The Hall–Kier alpha value is -1.90. The molecule has 5 nitrogen and oxygen atoms in total. The number of amides is 1. The second-order valence-electron chi connectivity index (χ2n) is 6.61. The zero-order chi connectivity index (χ0) is 16.8. The zero-order valence-corrected chi connectivity index (χ0v) is 14.1. The summed E-state index contributed by atoms with van der Waals surface area (Å²) in [6.07, 6.45) is 3.76. The molecule has 1 amide bonds.